The first kappa shape index (κ1) is 14.5. The van der Waals surface area contributed by atoms with Gasteiger partial charge in [0.25, 0.3) is 0 Å². The second-order valence-electron chi connectivity index (χ2n) is 6.02. The van der Waals surface area contributed by atoms with Crippen molar-refractivity contribution < 1.29 is 0 Å². The van der Waals surface area contributed by atoms with E-state index in [4.69, 9.17) is 0 Å². The third kappa shape index (κ3) is 4.63. The highest BCUT2D eigenvalue weighted by Gasteiger charge is 2.17. The SMILES string of the molecule is CCCN(Cc1cc(C)cc(C)c1)CC1CCCN1. The Hall–Kier alpha value is -0.860. The van der Waals surface area contributed by atoms with Gasteiger partial charge >= 0.3 is 0 Å². The van der Waals surface area contributed by atoms with E-state index in [9.17, 15) is 0 Å². The van der Waals surface area contributed by atoms with Gasteiger partial charge in [0.2, 0.25) is 0 Å². The zero-order valence-corrected chi connectivity index (χ0v) is 12.7. The predicted molar refractivity (Wildman–Crippen MR) is 82.5 cm³/mol. The first-order valence-corrected chi connectivity index (χ1v) is 7.70. The number of aryl methyl sites for hydroxylation is 2. The minimum atomic E-state index is 0.706. The maximum absolute atomic E-state index is 3.61. The molecule has 0 aromatic heterocycles. The maximum Gasteiger partial charge on any atom is 0.0234 e. The minimum Gasteiger partial charge on any atom is -0.313 e. The number of nitrogens with one attached hydrogen (secondary N) is 1. The Labute approximate surface area is 118 Å². The van der Waals surface area contributed by atoms with Crippen molar-refractivity contribution in [1.82, 2.24) is 10.2 Å². The van der Waals surface area contributed by atoms with Gasteiger partial charge in [0.1, 0.15) is 0 Å². The van der Waals surface area contributed by atoms with Gasteiger partial charge < -0.3 is 5.32 Å². The molecule has 0 spiro atoms. The van der Waals surface area contributed by atoms with Gasteiger partial charge in [-0.05, 0) is 51.8 Å². The third-order valence-corrected chi connectivity index (χ3v) is 3.87. The van der Waals surface area contributed by atoms with Crippen molar-refractivity contribution in [2.45, 2.75) is 52.6 Å². The molecular formula is C17H28N2. The van der Waals surface area contributed by atoms with Crippen LogP contribution in [0.25, 0.3) is 0 Å². The minimum absolute atomic E-state index is 0.706. The van der Waals surface area contributed by atoms with Gasteiger partial charge in [0.15, 0.2) is 0 Å². The van der Waals surface area contributed by atoms with Crippen LogP contribution in [0.3, 0.4) is 0 Å². The maximum atomic E-state index is 3.61. The summed E-state index contributed by atoms with van der Waals surface area (Å²) < 4.78 is 0. The number of nitrogens with zero attached hydrogens (tertiary/aromatic N) is 1. The predicted octanol–water partition coefficient (Wildman–Crippen LogP) is 3.27. The third-order valence-electron chi connectivity index (χ3n) is 3.87. The molecule has 1 fully saturated rings. The van der Waals surface area contributed by atoms with Crippen LogP contribution >= 0.6 is 0 Å². The van der Waals surface area contributed by atoms with Crippen LogP contribution in [0.1, 0.15) is 42.9 Å². The van der Waals surface area contributed by atoms with E-state index in [0.717, 1.165) is 6.54 Å². The Morgan fingerprint density at radius 3 is 2.53 bits per heavy atom. The second kappa shape index (κ2) is 7.06. The van der Waals surface area contributed by atoms with Gasteiger partial charge in [-0.3, -0.25) is 4.90 Å². The monoisotopic (exact) mass is 260 g/mol. The summed E-state index contributed by atoms with van der Waals surface area (Å²) in [5.41, 5.74) is 4.22. The molecule has 2 rings (SSSR count). The van der Waals surface area contributed by atoms with Crippen LogP contribution in [0.2, 0.25) is 0 Å². The molecule has 2 nitrogen and oxygen atoms in total. The zero-order valence-electron chi connectivity index (χ0n) is 12.7. The quantitative estimate of drug-likeness (QED) is 0.844. The van der Waals surface area contributed by atoms with Gasteiger partial charge in [0.05, 0.1) is 0 Å². The highest BCUT2D eigenvalue weighted by Crippen LogP contribution is 2.14. The highest BCUT2D eigenvalue weighted by molar-refractivity contribution is 5.28. The van der Waals surface area contributed by atoms with Crippen molar-refractivity contribution in [3.63, 3.8) is 0 Å². The Kier molecular flexibility index (Phi) is 5.41. The van der Waals surface area contributed by atoms with Crippen LogP contribution in [0, 0.1) is 13.8 Å². The summed E-state index contributed by atoms with van der Waals surface area (Å²) in [6.07, 6.45) is 3.92. The Bertz CT molecular complexity index is 374. The van der Waals surface area contributed by atoms with Crippen molar-refractivity contribution in [1.29, 1.82) is 0 Å². The van der Waals surface area contributed by atoms with Crippen LogP contribution in [0.15, 0.2) is 18.2 Å². The molecule has 1 saturated heterocycles. The molecule has 1 aliphatic rings. The highest BCUT2D eigenvalue weighted by atomic mass is 15.1. The first-order chi connectivity index (χ1) is 9.17. The average molecular weight is 260 g/mol. The molecule has 1 aliphatic heterocycles. The van der Waals surface area contributed by atoms with Gasteiger partial charge in [-0.15, -0.1) is 0 Å². The van der Waals surface area contributed by atoms with Gasteiger partial charge in [-0.1, -0.05) is 36.2 Å². The Morgan fingerprint density at radius 2 is 1.95 bits per heavy atom. The molecule has 0 aliphatic carbocycles. The van der Waals surface area contributed by atoms with Gasteiger partial charge in [-0.2, -0.15) is 0 Å². The number of benzene rings is 1. The molecule has 1 aromatic carbocycles. The van der Waals surface area contributed by atoms with E-state index in [1.54, 1.807) is 0 Å². The normalized spacial score (nSPS) is 19.3. The largest absolute Gasteiger partial charge is 0.313 e. The fourth-order valence-corrected chi connectivity index (χ4v) is 3.19. The lowest BCUT2D eigenvalue weighted by molar-refractivity contribution is 0.241. The van der Waals surface area contributed by atoms with Crippen molar-refractivity contribution in [3.8, 4) is 0 Å². The van der Waals surface area contributed by atoms with Gasteiger partial charge in [0, 0.05) is 19.1 Å². The van der Waals surface area contributed by atoms with E-state index in [-0.39, 0.29) is 0 Å². The van der Waals surface area contributed by atoms with Crippen LogP contribution in [0.5, 0.6) is 0 Å². The molecule has 0 saturated carbocycles. The summed E-state index contributed by atoms with van der Waals surface area (Å²) >= 11 is 0. The van der Waals surface area contributed by atoms with Crippen LogP contribution < -0.4 is 5.32 Å². The summed E-state index contributed by atoms with van der Waals surface area (Å²) in [6.45, 7) is 11.4. The second-order valence-corrected chi connectivity index (χ2v) is 6.02. The van der Waals surface area contributed by atoms with Crippen LogP contribution in [-0.4, -0.2) is 30.6 Å². The summed E-state index contributed by atoms with van der Waals surface area (Å²) in [5, 5.41) is 3.61. The van der Waals surface area contributed by atoms with Crippen molar-refractivity contribution in [2.75, 3.05) is 19.6 Å². The summed E-state index contributed by atoms with van der Waals surface area (Å²) in [4.78, 5) is 2.61. The number of hydrogen-bond acceptors (Lipinski definition) is 2. The topological polar surface area (TPSA) is 15.3 Å². The Balaban J connectivity index is 1.98. The molecule has 19 heavy (non-hydrogen) atoms. The van der Waals surface area contributed by atoms with Crippen molar-refractivity contribution in [2.24, 2.45) is 0 Å². The number of hydrogen-bond donors (Lipinski definition) is 1. The summed E-state index contributed by atoms with van der Waals surface area (Å²) in [6, 6.07) is 7.62. The molecule has 0 radical (unpaired) electrons. The molecule has 1 N–H and O–H groups in total. The van der Waals surface area contributed by atoms with Crippen LogP contribution in [0.4, 0.5) is 0 Å². The first-order valence-electron chi connectivity index (χ1n) is 7.70. The molecule has 1 unspecified atom stereocenters. The Morgan fingerprint density at radius 1 is 1.21 bits per heavy atom. The van der Waals surface area contributed by atoms with E-state index in [2.05, 4.69) is 49.2 Å². The lowest BCUT2D eigenvalue weighted by Crippen LogP contribution is -2.37. The fourth-order valence-electron chi connectivity index (χ4n) is 3.19. The zero-order chi connectivity index (χ0) is 13.7. The van der Waals surface area contributed by atoms with E-state index in [0.29, 0.717) is 6.04 Å². The molecule has 1 heterocycles. The molecule has 106 valence electrons. The van der Waals surface area contributed by atoms with E-state index in [1.807, 2.05) is 0 Å². The summed E-state index contributed by atoms with van der Waals surface area (Å²) in [7, 11) is 0. The van der Waals surface area contributed by atoms with Crippen LogP contribution in [-0.2, 0) is 6.54 Å². The molecule has 1 aromatic rings. The molecule has 0 amide bonds. The smallest absolute Gasteiger partial charge is 0.0234 e. The van der Waals surface area contributed by atoms with E-state index in [1.165, 1.54) is 55.6 Å². The lowest BCUT2D eigenvalue weighted by atomic mass is 10.1. The van der Waals surface area contributed by atoms with Gasteiger partial charge in [-0.25, -0.2) is 0 Å². The summed E-state index contributed by atoms with van der Waals surface area (Å²) in [5.74, 6) is 0. The van der Waals surface area contributed by atoms with E-state index < -0.39 is 0 Å². The molecule has 2 heteroatoms. The fraction of sp³-hybridized carbons (Fsp3) is 0.647. The average Bonchev–Trinajstić information content (AvgIpc) is 2.80. The molecule has 1 atom stereocenters. The molecule has 0 bridgehead atoms. The van der Waals surface area contributed by atoms with Crippen molar-refractivity contribution in [3.05, 3.63) is 34.9 Å². The number of rotatable bonds is 6. The van der Waals surface area contributed by atoms with E-state index >= 15 is 0 Å². The molecular weight excluding hydrogens is 232 g/mol. The lowest BCUT2D eigenvalue weighted by Gasteiger charge is -2.25. The van der Waals surface area contributed by atoms with Crippen molar-refractivity contribution >= 4 is 0 Å². The standard InChI is InChI=1S/C17H28N2/c1-4-8-19(13-17-6-5-7-18-17)12-16-10-14(2)9-15(3)11-16/h9-11,17-18H,4-8,12-13H2,1-3H3.